The monoisotopic (exact) mass is 772 g/mol. The summed E-state index contributed by atoms with van der Waals surface area (Å²) >= 11 is 2.96. The molecule has 4 aromatic heterocycles. The largest absolute Gasteiger partial charge is 0.493 e. The molecule has 56 heavy (non-hydrogen) atoms. The smallest absolute Gasteiger partial charge is 0.137 e. The minimum Gasteiger partial charge on any atom is -0.493 e. The second-order valence-corrected chi connectivity index (χ2v) is 16.2. The van der Waals surface area contributed by atoms with Gasteiger partial charge in [-0.15, -0.1) is 22.7 Å². The van der Waals surface area contributed by atoms with Crippen LogP contribution >= 0.6 is 22.7 Å². The zero-order valence-electron chi connectivity index (χ0n) is 31.6. The van der Waals surface area contributed by atoms with Crippen LogP contribution in [0.3, 0.4) is 0 Å². The summed E-state index contributed by atoms with van der Waals surface area (Å²) in [5.74, 6) is 2.43. The summed E-state index contributed by atoms with van der Waals surface area (Å²) in [6.45, 7) is 9.92. The Labute approximate surface area is 333 Å². The van der Waals surface area contributed by atoms with Crippen LogP contribution in [0.15, 0.2) is 97.1 Å². The van der Waals surface area contributed by atoms with Crippen LogP contribution in [0.1, 0.15) is 50.6 Å². The normalized spacial score (nSPS) is 13.7. The van der Waals surface area contributed by atoms with Crippen molar-refractivity contribution in [3.05, 3.63) is 118 Å². The average Bonchev–Trinajstić information content (AvgIpc) is 4.03. The molecule has 278 valence electrons. The van der Waals surface area contributed by atoms with E-state index in [0.29, 0.717) is 56.9 Å². The van der Waals surface area contributed by atoms with Gasteiger partial charge in [-0.1, -0.05) is 64.8 Å². The van der Waals surface area contributed by atoms with Crippen molar-refractivity contribution in [2.75, 3.05) is 13.2 Å². The maximum Gasteiger partial charge on any atom is 0.137 e. The first-order valence-corrected chi connectivity index (χ1v) is 20.5. The third kappa shape index (κ3) is 7.06. The van der Waals surface area contributed by atoms with Crippen molar-refractivity contribution in [2.24, 2.45) is 11.8 Å². The van der Waals surface area contributed by atoms with E-state index in [4.69, 9.17) is 19.4 Å². The first-order valence-electron chi connectivity index (χ1n) is 18.9. The number of fused-ring (bicyclic) bond motifs is 3. The molecule has 0 spiro atoms. The van der Waals surface area contributed by atoms with Crippen LogP contribution < -0.4 is 20.2 Å². The van der Waals surface area contributed by atoms with Crippen LogP contribution in [0.4, 0.5) is 0 Å². The van der Waals surface area contributed by atoms with Crippen molar-refractivity contribution in [2.45, 2.75) is 40.5 Å². The van der Waals surface area contributed by atoms with Crippen molar-refractivity contribution >= 4 is 65.0 Å². The van der Waals surface area contributed by atoms with E-state index < -0.39 is 0 Å². The SMILES string of the molecule is CCC(C)COc1ccc(-c2[nH]/c(=C(/C#N)c3nc4ccccc4s3)c3c(-c4ccc(OCC(C)CC)cc4)[nH]/c(=C(/C#N)c4nc5ccccc5s4)c23)cc1. The second kappa shape index (κ2) is 15.9. The van der Waals surface area contributed by atoms with E-state index in [2.05, 4.69) is 49.8 Å². The summed E-state index contributed by atoms with van der Waals surface area (Å²) < 4.78 is 14.2. The topological polar surface area (TPSA) is 123 Å². The number of benzene rings is 4. The second-order valence-electron chi connectivity index (χ2n) is 14.1. The van der Waals surface area contributed by atoms with Crippen molar-refractivity contribution in [3.63, 3.8) is 0 Å². The number of thiazole rings is 2. The van der Waals surface area contributed by atoms with Crippen molar-refractivity contribution < 1.29 is 9.47 Å². The zero-order chi connectivity index (χ0) is 38.8. The lowest BCUT2D eigenvalue weighted by Gasteiger charge is -2.11. The van der Waals surface area contributed by atoms with E-state index in [9.17, 15) is 10.5 Å². The number of hydrogen-bond acceptors (Lipinski definition) is 8. The number of rotatable bonds is 12. The predicted molar refractivity (Wildman–Crippen MR) is 228 cm³/mol. The molecular formula is C46H40N6O2S2. The summed E-state index contributed by atoms with van der Waals surface area (Å²) in [5.41, 5.74) is 5.76. The van der Waals surface area contributed by atoms with Gasteiger partial charge in [0.05, 0.1) is 55.7 Å². The quantitative estimate of drug-likeness (QED) is 0.127. The first-order chi connectivity index (χ1) is 27.4. The summed E-state index contributed by atoms with van der Waals surface area (Å²) in [7, 11) is 0. The molecule has 4 aromatic carbocycles. The summed E-state index contributed by atoms with van der Waals surface area (Å²) in [4.78, 5) is 17.2. The lowest BCUT2D eigenvalue weighted by Crippen LogP contribution is -2.10. The Kier molecular flexibility index (Phi) is 10.4. The van der Waals surface area contributed by atoms with Gasteiger partial charge in [0.2, 0.25) is 0 Å². The highest BCUT2D eigenvalue weighted by molar-refractivity contribution is 7.20. The molecule has 0 bridgehead atoms. The summed E-state index contributed by atoms with van der Waals surface area (Å²) in [6, 6.07) is 36.8. The van der Waals surface area contributed by atoms with E-state index in [1.807, 2.05) is 97.1 Å². The highest BCUT2D eigenvalue weighted by Gasteiger charge is 2.24. The summed E-state index contributed by atoms with van der Waals surface area (Å²) in [5, 5.41) is 25.9. The molecule has 0 aliphatic carbocycles. The van der Waals surface area contributed by atoms with Crippen LogP contribution in [0.5, 0.6) is 11.5 Å². The van der Waals surface area contributed by atoms with Gasteiger partial charge in [0.15, 0.2) is 0 Å². The maximum absolute atomic E-state index is 11.0. The molecule has 0 saturated carbocycles. The number of aromatic nitrogens is 4. The fraction of sp³-hybridized carbons (Fsp3) is 0.217. The number of ether oxygens (including phenoxy) is 2. The Hall–Kier alpha value is -6.20. The lowest BCUT2D eigenvalue weighted by atomic mass is 10.0. The predicted octanol–water partition coefficient (Wildman–Crippen LogP) is 10.3. The lowest BCUT2D eigenvalue weighted by molar-refractivity contribution is 0.256. The minimum absolute atomic E-state index is 0.412. The Morgan fingerprint density at radius 1 is 0.607 bits per heavy atom. The zero-order valence-corrected chi connectivity index (χ0v) is 33.3. The van der Waals surface area contributed by atoms with Crippen molar-refractivity contribution in [1.82, 2.24) is 19.9 Å². The highest BCUT2D eigenvalue weighted by Crippen LogP contribution is 2.35. The van der Waals surface area contributed by atoms with Gasteiger partial charge in [-0.2, -0.15) is 10.5 Å². The van der Waals surface area contributed by atoms with E-state index in [-0.39, 0.29) is 0 Å². The van der Waals surface area contributed by atoms with Crippen molar-refractivity contribution in [1.29, 1.82) is 10.5 Å². The van der Waals surface area contributed by atoms with Crippen LogP contribution in [0.2, 0.25) is 0 Å². The molecule has 0 aliphatic rings. The van der Waals surface area contributed by atoms with E-state index in [0.717, 1.165) is 78.1 Å². The standard InChI is InChI=1S/C46H40N6O2S2/c1-5-27(3)25-53-31-19-15-29(16-20-31)41-39-40(44(51-41)34(24-48)46-50-36-12-8-10-14-38(36)56-46)42(30-17-21-32(22-18-30)54-26-28(4)6-2)52-43(39)33(23-47)45-49-35-11-7-9-13-37(35)55-45/h7-22,27-28,51-52H,5-6,25-26H2,1-4H3/b43-33-,44-34-. The number of para-hydroxylation sites is 2. The number of nitrogens with one attached hydrogen (secondary N) is 2. The highest BCUT2D eigenvalue weighted by atomic mass is 32.1. The molecule has 0 amide bonds. The van der Waals surface area contributed by atoms with Gasteiger partial charge in [-0.3, -0.25) is 0 Å². The number of H-pyrrole nitrogens is 2. The molecule has 2 atom stereocenters. The molecule has 0 aliphatic heterocycles. The number of nitriles is 2. The Balaban J connectivity index is 1.44. The third-order valence-electron chi connectivity index (χ3n) is 10.2. The minimum atomic E-state index is 0.412. The van der Waals surface area contributed by atoms with Gasteiger partial charge < -0.3 is 19.4 Å². The molecule has 4 heterocycles. The molecule has 0 radical (unpaired) electrons. The third-order valence-corrected chi connectivity index (χ3v) is 12.3. The fourth-order valence-electron chi connectivity index (χ4n) is 6.59. The van der Waals surface area contributed by atoms with E-state index in [1.165, 1.54) is 22.7 Å². The van der Waals surface area contributed by atoms with Gasteiger partial charge in [0, 0.05) is 10.8 Å². The molecule has 2 unspecified atom stereocenters. The molecule has 0 fully saturated rings. The van der Waals surface area contributed by atoms with E-state index >= 15 is 0 Å². The number of nitrogens with zero attached hydrogens (tertiary/aromatic N) is 4. The molecular weight excluding hydrogens is 733 g/mol. The van der Waals surface area contributed by atoms with Gasteiger partial charge in [0.25, 0.3) is 0 Å². The molecule has 8 nitrogen and oxygen atoms in total. The Morgan fingerprint density at radius 3 is 1.36 bits per heavy atom. The number of hydrogen-bond donors (Lipinski definition) is 2. The molecule has 2 N–H and O–H groups in total. The van der Waals surface area contributed by atoms with Crippen LogP contribution in [0.25, 0.3) is 64.9 Å². The summed E-state index contributed by atoms with van der Waals surface area (Å²) in [6.07, 6.45) is 2.07. The van der Waals surface area contributed by atoms with E-state index in [1.54, 1.807) is 0 Å². The Bertz CT molecular complexity index is 2640. The molecule has 0 saturated heterocycles. The Morgan fingerprint density at radius 2 is 1.00 bits per heavy atom. The average molecular weight is 773 g/mol. The first kappa shape index (κ1) is 36.8. The van der Waals surface area contributed by atoms with Gasteiger partial charge in [-0.25, -0.2) is 9.97 Å². The molecule has 10 heteroatoms. The van der Waals surface area contributed by atoms with Gasteiger partial charge >= 0.3 is 0 Å². The van der Waals surface area contributed by atoms with Gasteiger partial charge in [-0.05, 0) is 95.8 Å². The van der Waals surface area contributed by atoms with Crippen molar-refractivity contribution in [3.8, 4) is 46.2 Å². The molecule has 8 rings (SSSR count). The van der Waals surface area contributed by atoms with Crippen LogP contribution in [0, 0.1) is 34.5 Å². The van der Waals surface area contributed by atoms with Gasteiger partial charge in [0.1, 0.15) is 44.8 Å². The number of aromatic amines is 2. The fourth-order valence-corrected chi connectivity index (χ4v) is 8.52. The molecule has 8 aromatic rings. The van der Waals surface area contributed by atoms with Crippen LogP contribution in [-0.2, 0) is 0 Å². The maximum atomic E-state index is 11.0. The van der Waals surface area contributed by atoms with Crippen LogP contribution in [-0.4, -0.2) is 33.1 Å².